The molecular formula is C15H23BrCl2N4O. The average molecular weight is 426 g/mol. The Bertz CT molecular complexity index is 558. The van der Waals surface area contributed by atoms with Crippen LogP contribution < -0.4 is 10.2 Å². The SMILES string of the molecule is CN(C)c1ncc(Br)cc1C(=O)N1CCC2CCC(C1)N2.Cl.Cl. The second-order valence-electron chi connectivity index (χ2n) is 6.10. The molecule has 130 valence electrons. The fourth-order valence-electron chi connectivity index (χ4n) is 3.24. The molecule has 1 amide bonds. The number of amides is 1. The minimum absolute atomic E-state index is 0. The van der Waals surface area contributed by atoms with Crippen molar-refractivity contribution < 1.29 is 4.79 Å². The number of hydrogen-bond donors (Lipinski definition) is 1. The topological polar surface area (TPSA) is 48.5 Å². The molecule has 1 aromatic rings. The third kappa shape index (κ3) is 4.50. The number of hydrogen-bond acceptors (Lipinski definition) is 4. The Balaban J connectivity index is 0.00000132. The maximum Gasteiger partial charge on any atom is 0.257 e. The van der Waals surface area contributed by atoms with Gasteiger partial charge in [0, 0.05) is 49.9 Å². The van der Waals surface area contributed by atoms with Gasteiger partial charge in [-0.25, -0.2) is 4.98 Å². The molecule has 2 aliphatic heterocycles. The average Bonchev–Trinajstić information content (AvgIpc) is 2.77. The van der Waals surface area contributed by atoms with Crippen molar-refractivity contribution in [3.8, 4) is 0 Å². The van der Waals surface area contributed by atoms with Gasteiger partial charge in [-0.3, -0.25) is 4.79 Å². The second kappa shape index (κ2) is 8.51. The summed E-state index contributed by atoms with van der Waals surface area (Å²) >= 11 is 3.42. The zero-order chi connectivity index (χ0) is 15.0. The Morgan fingerprint density at radius 3 is 2.70 bits per heavy atom. The lowest BCUT2D eigenvalue weighted by Gasteiger charge is -2.26. The maximum absolute atomic E-state index is 12.9. The molecule has 3 rings (SSSR count). The highest BCUT2D eigenvalue weighted by Crippen LogP contribution is 2.25. The van der Waals surface area contributed by atoms with Crippen molar-refractivity contribution in [2.24, 2.45) is 0 Å². The van der Waals surface area contributed by atoms with Gasteiger partial charge in [-0.2, -0.15) is 0 Å². The largest absolute Gasteiger partial charge is 0.362 e. The molecule has 0 saturated carbocycles. The summed E-state index contributed by atoms with van der Waals surface area (Å²) in [5.74, 6) is 0.812. The fourth-order valence-corrected chi connectivity index (χ4v) is 3.57. The van der Waals surface area contributed by atoms with Gasteiger partial charge in [0.2, 0.25) is 0 Å². The van der Waals surface area contributed by atoms with E-state index in [0.29, 0.717) is 17.6 Å². The summed E-state index contributed by atoms with van der Waals surface area (Å²) in [6.45, 7) is 1.63. The van der Waals surface area contributed by atoms with Gasteiger partial charge >= 0.3 is 0 Å². The highest BCUT2D eigenvalue weighted by molar-refractivity contribution is 9.10. The van der Waals surface area contributed by atoms with Gasteiger partial charge in [-0.1, -0.05) is 0 Å². The van der Waals surface area contributed by atoms with Gasteiger partial charge in [0.15, 0.2) is 0 Å². The zero-order valence-electron chi connectivity index (χ0n) is 13.3. The molecule has 23 heavy (non-hydrogen) atoms. The van der Waals surface area contributed by atoms with Gasteiger partial charge in [0.25, 0.3) is 5.91 Å². The van der Waals surface area contributed by atoms with Crippen LogP contribution in [0.5, 0.6) is 0 Å². The van der Waals surface area contributed by atoms with Gasteiger partial charge in [-0.05, 0) is 41.3 Å². The van der Waals surface area contributed by atoms with E-state index in [1.54, 1.807) is 6.20 Å². The summed E-state index contributed by atoms with van der Waals surface area (Å²) < 4.78 is 0.839. The van der Waals surface area contributed by atoms with Crippen LogP contribution in [-0.4, -0.2) is 55.1 Å². The van der Waals surface area contributed by atoms with Crippen LogP contribution in [-0.2, 0) is 0 Å². The van der Waals surface area contributed by atoms with Crippen molar-refractivity contribution in [1.29, 1.82) is 0 Å². The summed E-state index contributed by atoms with van der Waals surface area (Å²) in [5.41, 5.74) is 0.673. The standard InChI is InChI=1S/C15H21BrN4O.2ClH/c1-19(2)14-13(7-10(16)8-17-14)15(21)20-6-5-11-3-4-12(9-20)18-11;;/h7-8,11-12,18H,3-6,9H2,1-2H3;2*1H. The van der Waals surface area contributed by atoms with E-state index in [1.165, 1.54) is 12.8 Å². The number of aromatic nitrogens is 1. The van der Waals surface area contributed by atoms with Gasteiger partial charge in [0.05, 0.1) is 5.56 Å². The minimum atomic E-state index is 0. The Hall–Kier alpha value is -0.560. The van der Waals surface area contributed by atoms with E-state index in [-0.39, 0.29) is 30.7 Å². The molecule has 8 heteroatoms. The van der Waals surface area contributed by atoms with E-state index in [1.807, 2.05) is 30.0 Å². The van der Waals surface area contributed by atoms with E-state index in [2.05, 4.69) is 26.2 Å². The number of fused-ring (bicyclic) bond motifs is 2. The minimum Gasteiger partial charge on any atom is -0.362 e. The van der Waals surface area contributed by atoms with Crippen molar-refractivity contribution in [3.63, 3.8) is 0 Å². The van der Waals surface area contributed by atoms with Crippen LogP contribution in [0.2, 0.25) is 0 Å². The van der Waals surface area contributed by atoms with E-state index in [9.17, 15) is 4.79 Å². The molecule has 5 nitrogen and oxygen atoms in total. The van der Waals surface area contributed by atoms with Gasteiger partial charge in [0.1, 0.15) is 5.82 Å². The molecule has 2 bridgehead atoms. The lowest BCUT2D eigenvalue weighted by Crippen LogP contribution is -2.39. The number of carbonyl (C=O) groups is 1. The molecule has 1 aromatic heterocycles. The van der Waals surface area contributed by atoms with Crippen molar-refractivity contribution in [3.05, 3.63) is 22.3 Å². The first kappa shape index (κ1) is 20.5. The van der Waals surface area contributed by atoms with Crippen LogP contribution in [0.3, 0.4) is 0 Å². The third-order valence-corrected chi connectivity index (χ3v) is 4.73. The number of rotatable bonds is 2. The summed E-state index contributed by atoms with van der Waals surface area (Å²) in [7, 11) is 3.83. The predicted octanol–water partition coefficient (Wildman–Crippen LogP) is 2.72. The number of carbonyl (C=O) groups excluding carboxylic acids is 1. The van der Waals surface area contributed by atoms with E-state index in [0.717, 1.165) is 29.8 Å². The molecule has 0 radical (unpaired) electrons. The molecule has 2 saturated heterocycles. The lowest BCUT2D eigenvalue weighted by molar-refractivity contribution is 0.0748. The van der Waals surface area contributed by atoms with E-state index >= 15 is 0 Å². The molecule has 3 heterocycles. The molecule has 2 fully saturated rings. The molecule has 0 aromatic carbocycles. The number of anilines is 1. The Labute approximate surface area is 158 Å². The number of nitrogens with one attached hydrogen (secondary N) is 1. The third-order valence-electron chi connectivity index (χ3n) is 4.30. The van der Waals surface area contributed by atoms with Crippen molar-refractivity contribution in [2.45, 2.75) is 31.3 Å². The molecular weight excluding hydrogens is 403 g/mol. The van der Waals surface area contributed by atoms with Crippen molar-refractivity contribution in [1.82, 2.24) is 15.2 Å². The molecule has 2 atom stereocenters. The summed E-state index contributed by atoms with van der Waals surface area (Å²) in [6, 6.07) is 2.91. The smallest absolute Gasteiger partial charge is 0.257 e. The number of likely N-dealkylation sites (tertiary alicyclic amines) is 1. The van der Waals surface area contributed by atoms with Crippen LogP contribution in [0.15, 0.2) is 16.7 Å². The highest BCUT2D eigenvalue weighted by atomic mass is 79.9. The number of nitrogens with zero attached hydrogens (tertiary/aromatic N) is 3. The molecule has 0 spiro atoms. The normalized spacial score (nSPS) is 22.7. The van der Waals surface area contributed by atoms with E-state index < -0.39 is 0 Å². The Morgan fingerprint density at radius 2 is 2.00 bits per heavy atom. The van der Waals surface area contributed by atoms with Crippen LogP contribution in [0.4, 0.5) is 5.82 Å². The molecule has 0 aliphatic carbocycles. The van der Waals surface area contributed by atoms with Crippen molar-refractivity contribution >= 4 is 52.5 Å². The molecule has 1 N–H and O–H groups in total. The summed E-state index contributed by atoms with van der Waals surface area (Å²) in [4.78, 5) is 21.2. The monoisotopic (exact) mass is 424 g/mol. The van der Waals surface area contributed by atoms with Crippen LogP contribution in [0, 0.1) is 0 Å². The lowest BCUT2D eigenvalue weighted by atomic mass is 10.1. The van der Waals surface area contributed by atoms with Gasteiger partial charge < -0.3 is 15.1 Å². The number of pyridine rings is 1. The Kier molecular flexibility index (Phi) is 7.58. The molecule has 2 aliphatic rings. The summed E-state index contributed by atoms with van der Waals surface area (Å²) in [5, 5.41) is 3.61. The van der Waals surface area contributed by atoms with Crippen LogP contribution >= 0.6 is 40.7 Å². The highest BCUT2D eigenvalue weighted by Gasteiger charge is 2.32. The predicted molar refractivity (Wildman–Crippen MR) is 101 cm³/mol. The zero-order valence-corrected chi connectivity index (χ0v) is 16.5. The van der Waals surface area contributed by atoms with Gasteiger partial charge in [-0.15, -0.1) is 24.8 Å². The second-order valence-corrected chi connectivity index (χ2v) is 7.01. The first-order valence-corrected chi connectivity index (χ1v) is 8.22. The maximum atomic E-state index is 12.9. The Morgan fingerprint density at radius 1 is 1.30 bits per heavy atom. The first-order chi connectivity index (χ1) is 10.0. The quantitative estimate of drug-likeness (QED) is 0.791. The number of halogens is 3. The van der Waals surface area contributed by atoms with Crippen LogP contribution in [0.25, 0.3) is 0 Å². The molecule has 2 unspecified atom stereocenters. The fraction of sp³-hybridized carbons (Fsp3) is 0.600. The first-order valence-electron chi connectivity index (χ1n) is 7.43. The van der Waals surface area contributed by atoms with Crippen LogP contribution in [0.1, 0.15) is 29.6 Å². The van der Waals surface area contributed by atoms with Crippen molar-refractivity contribution in [2.75, 3.05) is 32.1 Å². The summed E-state index contributed by atoms with van der Waals surface area (Å²) in [6.07, 6.45) is 5.19. The van der Waals surface area contributed by atoms with E-state index in [4.69, 9.17) is 0 Å².